The molecule has 136 valence electrons. The minimum Gasteiger partial charge on any atom is -0.0622 e. The van der Waals surface area contributed by atoms with Crippen molar-refractivity contribution >= 4 is 0 Å². The Labute approximate surface area is 167 Å². The molecule has 0 spiro atoms. The third kappa shape index (κ3) is 2.77. The maximum Gasteiger partial charge on any atom is 0.0158 e. The molecule has 0 bridgehead atoms. The molecule has 4 aromatic rings. The summed E-state index contributed by atoms with van der Waals surface area (Å²) >= 11 is 0. The number of hydrogen-bond acceptors (Lipinski definition) is 0. The van der Waals surface area contributed by atoms with Crippen molar-refractivity contribution in [3.8, 4) is 22.3 Å². The topological polar surface area (TPSA) is 0 Å². The van der Waals surface area contributed by atoms with Crippen molar-refractivity contribution < 1.29 is 0 Å². The van der Waals surface area contributed by atoms with E-state index in [1.165, 1.54) is 44.5 Å². The van der Waals surface area contributed by atoms with Gasteiger partial charge in [-0.25, -0.2) is 0 Å². The number of hydrogen-bond donors (Lipinski definition) is 0. The summed E-state index contributed by atoms with van der Waals surface area (Å²) < 4.78 is 0. The normalized spacial score (nSPS) is 13.8. The van der Waals surface area contributed by atoms with Crippen molar-refractivity contribution in [3.63, 3.8) is 0 Å². The summed E-state index contributed by atoms with van der Waals surface area (Å²) in [6.45, 7) is 4.69. The molecule has 0 radical (unpaired) electrons. The van der Waals surface area contributed by atoms with Crippen LogP contribution in [0, 0.1) is 0 Å². The van der Waals surface area contributed by atoms with Crippen LogP contribution in [0.1, 0.15) is 36.1 Å². The third-order valence-electron chi connectivity index (χ3n) is 6.12. The zero-order chi connectivity index (χ0) is 19.1. The van der Waals surface area contributed by atoms with Gasteiger partial charge in [0, 0.05) is 5.41 Å². The Morgan fingerprint density at radius 2 is 1.14 bits per heavy atom. The first-order valence-corrected chi connectivity index (χ1v) is 10.0. The molecule has 0 heteroatoms. The first-order valence-electron chi connectivity index (χ1n) is 10.0. The van der Waals surface area contributed by atoms with Gasteiger partial charge in [0.2, 0.25) is 0 Å². The highest BCUT2D eigenvalue weighted by molar-refractivity contribution is 5.80. The number of benzene rings is 4. The van der Waals surface area contributed by atoms with Crippen LogP contribution in [-0.4, -0.2) is 0 Å². The largest absolute Gasteiger partial charge is 0.0622 e. The molecule has 0 atom stereocenters. The van der Waals surface area contributed by atoms with Crippen LogP contribution in [0.4, 0.5) is 0 Å². The molecule has 0 heterocycles. The van der Waals surface area contributed by atoms with E-state index in [-0.39, 0.29) is 5.41 Å². The lowest BCUT2D eigenvalue weighted by atomic mass is 9.81. The maximum atomic E-state index is 2.42. The van der Waals surface area contributed by atoms with Crippen molar-refractivity contribution in [1.82, 2.24) is 0 Å². The van der Waals surface area contributed by atoms with Gasteiger partial charge >= 0.3 is 0 Å². The van der Waals surface area contributed by atoms with E-state index >= 15 is 0 Å². The van der Waals surface area contributed by atoms with Gasteiger partial charge in [0.05, 0.1) is 0 Å². The van der Waals surface area contributed by atoms with Gasteiger partial charge in [-0.05, 0) is 50.9 Å². The van der Waals surface area contributed by atoms with Gasteiger partial charge in [-0.15, -0.1) is 0 Å². The Kier molecular flexibility index (Phi) is 3.94. The van der Waals surface area contributed by atoms with Crippen molar-refractivity contribution in [1.29, 1.82) is 0 Å². The second-order valence-corrected chi connectivity index (χ2v) is 8.29. The summed E-state index contributed by atoms with van der Waals surface area (Å²) in [6.07, 6.45) is 0.967. The molecule has 0 saturated heterocycles. The molecule has 0 amide bonds. The Bertz CT molecular complexity index is 1130. The first-order chi connectivity index (χ1) is 13.6. The van der Waals surface area contributed by atoms with Crippen LogP contribution in [-0.2, 0) is 11.8 Å². The quantitative estimate of drug-likeness (QED) is 0.361. The lowest BCUT2D eigenvalue weighted by Crippen LogP contribution is -2.15. The highest BCUT2D eigenvalue weighted by Gasteiger charge is 2.34. The van der Waals surface area contributed by atoms with Crippen molar-refractivity contribution in [2.45, 2.75) is 25.7 Å². The Morgan fingerprint density at radius 1 is 0.536 bits per heavy atom. The van der Waals surface area contributed by atoms with E-state index in [9.17, 15) is 0 Å². The van der Waals surface area contributed by atoms with E-state index in [1.54, 1.807) is 0 Å². The molecule has 0 aliphatic heterocycles. The molecule has 1 aliphatic carbocycles. The SMILES string of the molecule is CC1(C)c2ccccc2-c2ccc(Cc3ccc(-c4ccccc4)cc3)cc21. The van der Waals surface area contributed by atoms with Crippen molar-refractivity contribution in [2.24, 2.45) is 0 Å². The van der Waals surface area contributed by atoms with E-state index in [0.717, 1.165) is 6.42 Å². The lowest BCUT2D eigenvalue weighted by molar-refractivity contribution is 0.659. The lowest BCUT2D eigenvalue weighted by Gasteiger charge is -2.22. The average Bonchev–Trinajstić information content (AvgIpc) is 2.97. The fraction of sp³-hybridized carbons (Fsp3) is 0.143. The monoisotopic (exact) mass is 360 g/mol. The molecule has 0 fully saturated rings. The third-order valence-corrected chi connectivity index (χ3v) is 6.12. The van der Waals surface area contributed by atoms with E-state index in [0.29, 0.717) is 0 Å². The number of fused-ring (bicyclic) bond motifs is 3. The van der Waals surface area contributed by atoms with Gasteiger partial charge in [-0.3, -0.25) is 0 Å². The molecule has 0 aromatic heterocycles. The molecule has 0 nitrogen and oxygen atoms in total. The molecule has 5 rings (SSSR count). The zero-order valence-corrected chi connectivity index (χ0v) is 16.4. The average molecular weight is 360 g/mol. The van der Waals surface area contributed by atoms with Gasteiger partial charge in [0.15, 0.2) is 0 Å². The highest BCUT2D eigenvalue weighted by Crippen LogP contribution is 2.48. The summed E-state index contributed by atoms with van der Waals surface area (Å²) in [7, 11) is 0. The van der Waals surface area contributed by atoms with Crippen LogP contribution < -0.4 is 0 Å². The second kappa shape index (κ2) is 6.49. The molecule has 0 N–H and O–H groups in total. The minimum atomic E-state index is 0.0686. The van der Waals surface area contributed by atoms with E-state index in [1.807, 2.05) is 0 Å². The van der Waals surface area contributed by atoms with E-state index < -0.39 is 0 Å². The fourth-order valence-electron chi connectivity index (χ4n) is 4.54. The van der Waals surface area contributed by atoms with Crippen LogP contribution in [0.3, 0.4) is 0 Å². The van der Waals surface area contributed by atoms with Gasteiger partial charge in [0.25, 0.3) is 0 Å². The molecule has 1 aliphatic rings. The molecular formula is C28H24. The van der Waals surface area contributed by atoms with Gasteiger partial charge in [0.1, 0.15) is 0 Å². The molecule has 0 unspecified atom stereocenters. The summed E-state index contributed by atoms with van der Waals surface area (Å²) in [6, 6.07) is 35.4. The summed E-state index contributed by atoms with van der Waals surface area (Å²) in [5.74, 6) is 0. The summed E-state index contributed by atoms with van der Waals surface area (Å²) in [5, 5.41) is 0. The molecular weight excluding hydrogens is 336 g/mol. The molecule has 4 aromatic carbocycles. The molecule has 0 saturated carbocycles. The highest BCUT2D eigenvalue weighted by atomic mass is 14.4. The summed E-state index contributed by atoms with van der Waals surface area (Å²) in [5.41, 5.74) is 11.0. The Hall–Kier alpha value is -3.12. The van der Waals surface area contributed by atoms with Crippen LogP contribution in [0.25, 0.3) is 22.3 Å². The predicted octanol–water partition coefficient (Wildman–Crippen LogP) is 7.25. The van der Waals surface area contributed by atoms with E-state index in [4.69, 9.17) is 0 Å². The van der Waals surface area contributed by atoms with Gasteiger partial charge < -0.3 is 0 Å². The standard InChI is InChI=1S/C28H24/c1-28(2)26-11-7-6-10-24(26)25-17-14-21(19-27(25)28)18-20-12-15-23(16-13-20)22-8-4-3-5-9-22/h3-17,19H,18H2,1-2H3. The van der Waals surface area contributed by atoms with Gasteiger partial charge in [-0.2, -0.15) is 0 Å². The Morgan fingerprint density at radius 3 is 1.93 bits per heavy atom. The van der Waals surface area contributed by atoms with Gasteiger partial charge in [-0.1, -0.05) is 111 Å². The second-order valence-electron chi connectivity index (χ2n) is 8.29. The smallest absolute Gasteiger partial charge is 0.0158 e. The summed E-state index contributed by atoms with van der Waals surface area (Å²) in [4.78, 5) is 0. The minimum absolute atomic E-state index is 0.0686. The van der Waals surface area contributed by atoms with Crippen LogP contribution in [0.15, 0.2) is 97.1 Å². The van der Waals surface area contributed by atoms with Crippen LogP contribution in [0.5, 0.6) is 0 Å². The predicted molar refractivity (Wildman–Crippen MR) is 119 cm³/mol. The first kappa shape index (κ1) is 17.0. The maximum absolute atomic E-state index is 2.42. The zero-order valence-electron chi connectivity index (χ0n) is 16.4. The van der Waals surface area contributed by atoms with Crippen LogP contribution in [0.2, 0.25) is 0 Å². The number of rotatable bonds is 3. The Balaban J connectivity index is 1.44. The fourth-order valence-corrected chi connectivity index (χ4v) is 4.54. The van der Waals surface area contributed by atoms with Crippen molar-refractivity contribution in [3.05, 3.63) is 119 Å². The van der Waals surface area contributed by atoms with Crippen molar-refractivity contribution in [2.75, 3.05) is 0 Å². The van der Waals surface area contributed by atoms with Crippen LogP contribution >= 0.6 is 0 Å². The molecule has 28 heavy (non-hydrogen) atoms. The van der Waals surface area contributed by atoms with E-state index in [2.05, 4.69) is 111 Å².